The number of hydrogen-bond donors (Lipinski definition) is 2. The van der Waals surface area contributed by atoms with E-state index in [4.69, 9.17) is 4.74 Å². The van der Waals surface area contributed by atoms with Gasteiger partial charge < -0.3 is 15.4 Å². The minimum Gasteiger partial charge on any atom is -0.367 e. The zero-order valence-electron chi connectivity index (χ0n) is 8.42. The average molecular weight is 198 g/mol. The molecule has 1 aliphatic carbocycles. The van der Waals surface area contributed by atoms with Crippen molar-refractivity contribution in [3.8, 4) is 0 Å². The Kier molecular flexibility index (Phi) is 3.37. The van der Waals surface area contributed by atoms with Gasteiger partial charge in [-0.05, 0) is 32.2 Å². The van der Waals surface area contributed by atoms with Crippen molar-refractivity contribution >= 4 is 5.91 Å². The second-order valence-electron chi connectivity index (χ2n) is 4.12. The van der Waals surface area contributed by atoms with Gasteiger partial charge in [-0.15, -0.1) is 0 Å². The van der Waals surface area contributed by atoms with Crippen LogP contribution in [0.15, 0.2) is 0 Å². The molecule has 1 amide bonds. The van der Waals surface area contributed by atoms with Gasteiger partial charge in [0, 0.05) is 12.6 Å². The maximum Gasteiger partial charge on any atom is 0.246 e. The number of carbonyl (C=O) groups excluding carboxylic acids is 1. The fourth-order valence-corrected chi connectivity index (χ4v) is 1.65. The van der Waals surface area contributed by atoms with E-state index >= 15 is 0 Å². The van der Waals surface area contributed by atoms with Crippen LogP contribution in [0, 0.1) is 0 Å². The van der Waals surface area contributed by atoms with E-state index in [-0.39, 0.29) is 18.6 Å². The summed E-state index contributed by atoms with van der Waals surface area (Å²) < 4.78 is 5.50. The van der Waals surface area contributed by atoms with E-state index in [1.54, 1.807) is 0 Å². The van der Waals surface area contributed by atoms with E-state index in [0.29, 0.717) is 6.04 Å². The summed E-state index contributed by atoms with van der Waals surface area (Å²) in [6.45, 7) is 2.19. The van der Waals surface area contributed by atoms with Crippen LogP contribution in [0.3, 0.4) is 0 Å². The predicted molar refractivity (Wildman–Crippen MR) is 53.0 cm³/mol. The standard InChI is InChI=1S/C10H18N2O2/c13-10(12-8-3-4-8)7-14-9-2-1-5-11-6-9/h8-9,11H,1-7H2,(H,12,13)/t9-/m0/s1. The summed E-state index contributed by atoms with van der Waals surface area (Å²) in [5.74, 6) is 0.0399. The number of amides is 1. The second-order valence-corrected chi connectivity index (χ2v) is 4.12. The molecule has 0 bridgehead atoms. The molecule has 2 N–H and O–H groups in total. The summed E-state index contributed by atoms with van der Waals surface area (Å²) in [5, 5.41) is 6.16. The Balaban J connectivity index is 1.57. The molecule has 2 rings (SSSR count). The first-order chi connectivity index (χ1) is 6.84. The first-order valence-corrected chi connectivity index (χ1v) is 5.46. The monoisotopic (exact) mass is 198 g/mol. The van der Waals surface area contributed by atoms with Gasteiger partial charge in [0.25, 0.3) is 0 Å². The highest BCUT2D eigenvalue weighted by molar-refractivity contribution is 5.77. The van der Waals surface area contributed by atoms with Crippen LogP contribution in [0.2, 0.25) is 0 Å². The fourth-order valence-electron chi connectivity index (χ4n) is 1.65. The third-order valence-electron chi connectivity index (χ3n) is 2.64. The van der Waals surface area contributed by atoms with Crippen molar-refractivity contribution in [2.45, 2.75) is 37.8 Å². The number of piperidine rings is 1. The highest BCUT2D eigenvalue weighted by Gasteiger charge is 2.23. The van der Waals surface area contributed by atoms with Crippen molar-refractivity contribution in [2.75, 3.05) is 19.7 Å². The Morgan fingerprint density at radius 3 is 2.93 bits per heavy atom. The molecule has 1 saturated carbocycles. The summed E-state index contributed by atoms with van der Waals surface area (Å²) in [7, 11) is 0. The van der Waals surface area contributed by atoms with Gasteiger partial charge in [0.2, 0.25) is 5.91 Å². The van der Waals surface area contributed by atoms with Gasteiger partial charge in [-0.2, -0.15) is 0 Å². The van der Waals surface area contributed by atoms with E-state index in [2.05, 4.69) is 10.6 Å². The van der Waals surface area contributed by atoms with E-state index in [1.807, 2.05) is 0 Å². The van der Waals surface area contributed by atoms with Crippen LogP contribution >= 0.6 is 0 Å². The van der Waals surface area contributed by atoms with Crippen molar-refractivity contribution in [3.05, 3.63) is 0 Å². The number of carbonyl (C=O) groups is 1. The average Bonchev–Trinajstić information content (AvgIpc) is 3.00. The van der Waals surface area contributed by atoms with Gasteiger partial charge in [-0.25, -0.2) is 0 Å². The molecule has 4 heteroatoms. The van der Waals surface area contributed by atoms with Crippen LogP contribution in [0.25, 0.3) is 0 Å². The molecule has 2 aliphatic rings. The molecular weight excluding hydrogens is 180 g/mol. The zero-order valence-corrected chi connectivity index (χ0v) is 8.42. The lowest BCUT2D eigenvalue weighted by Gasteiger charge is -2.22. The molecule has 1 heterocycles. The first kappa shape index (κ1) is 9.93. The van der Waals surface area contributed by atoms with Crippen LogP contribution < -0.4 is 10.6 Å². The molecule has 1 aliphatic heterocycles. The van der Waals surface area contributed by atoms with Crippen LogP contribution in [0.5, 0.6) is 0 Å². The number of rotatable bonds is 4. The SMILES string of the molecule is O=C(CO[C@H]1CCCNC1)NC1CC1. The molecule has 1 saturated heterocycles. The van der Waals surface area contributed by atoms with Gasteiger partial charge in [0.05, 0.1) is 6.10 Å². The Hall–Kier alpha value is -0.610. The molecule has 0 aromatic carbocycles. The number of ether oxygens (including phenoxy) is 1. The van der Waals surface area contributed by atoms with Crippen molar-refractivity contribution in [3.63, 3.8) is 0 Å². The lowest BCUT2D eigenvalue weighted by molar-refractivity contribution is -0.128. The largest absolute Gasteiger partial charge is 0.367 e. The summed E-state index contributed by atoms with van der Waals surface area (Å²) in [6, 6.07) is 0.440. The van der Waals surface area contributed by atoms with Crippen molar-refractivity contribution in [1.82, 2.24) is 10.6 Å². The Morgan fingerprint density at radius 1 is 1.43 bits per heavy atom. The molecule has 1 atom stereocenters. The maximum atomic E-state index is 11.3. The maximum absolute atomic E-state index is 11.3. The molecular formula is C10H18N2O2. The van der Waals surface area contributed by atoms with Crippen LogP contribution in [-0.2, 0) is 9.53 Å². The quantitative estimate of drug-likeness (QED) is 0.670. The third kappa shape index (κ3) is 3.27. The third-order valence-corrected chi connectivity index (χ3v) is 2.64. The van der Waals surface area contributed by atoms with Crippen molar-refractivity contribution < 1.29 is 9.53 Å². The molecule has 80 valence electrons. The van der Waals surface area contributed by atoms with Gasteiger partial charge in [-0.3, -0.25) is 4.79 Å². The number of hydrogen-bond acceptors (Lipinski definition) is 3. The Labute approximate surface area is 84.4 Å². The smallest absolute Gasteiger partial charge is 0.246 e. The van der Waals surface area contributed by atoms with Gasteiger partial charge in [0.15, 0.2) is 0 Å². The predicted octanol–water partition coefficient (Wildman–Crippen LogP) is 0.0336. The summed E-state index contributed by atoms with van der Waals surface area (Å²) in [4.78, 5) is 11.3. The molecule has 14 heavy (non-hydrogen) atoms. The summed E-state index contributed by atoms with van der Waals surface area (Å²) >= 11 is 0. The fraction of sp³-hybridized carbons (Fsp3) is 0.900. The first-order valence-electron chi connectivity index (χ1n) is 5.46. The minimum absolute atomic E-state index is 0.0399. The lowest BCUT2D eigenvalue weighted by Crippen LogP contribution is -2.38. The highest BCUT2D eigenvalue weighted by atomic mass is 16.5. The van der Waals surface area contributed by atoms with Crippen molar-refractivity contribution in [1.29, 1.82) is 0 Å². The zero-order chi connectivity index (χ0) is 9.80. The molecule has 0 spiro atoms. The lowest BCUT2D eigenvalue weighted by atomic mass is 10.1. The summed E-state index contributed by atoms with van der Waals surface area (Å²) in [6.07, 6.45) is 4.72. The van der Waals surface area contributed by atoms with Gasteiger partial charge in [0.1, 0.15) is 6.61 Å². The van der Waals surface area contributed by atoms with Crippen LogP contribution in [-0.4, -0.2) is 37.7 Å². The van der Waals surface area contributed by atoms with Crippen LogP contribution in [0.1, 0.15) is 25.7 Å². The van der Waals surface area contributed by atoms with E-state index in [0.717, 1.165) is 38.8 Å². The van der Waals surface area contributed by atoms with E-state index < -0.39 is 0 Å². The molecule has 0 aromatic rings. The van der Waals surface area contributed by atoms with Gasteiger partial charge >= 0.3 is 0 Å². The van der Waals surface area contributed by atoms with Crippen LogP contribution in [0.4, 0.5) is 0 Å². The highest BCUT2D eigenvalue weighted by Crippen LogP contribution is 2.18. The molecule has 0 unspecified atom stereocenters. The second kappa shape index (κ2) is 4.75. The van der Waals surface area contributed by atoms with Gasteiger partial charge in [-0.1, -0.05) is 0 Å². The molecule has 2 fully saturated rings. The molecule has 4 nitrogen and oxygen atoms in total. The topological polar surface area (TPSA) is 50.4 Å². The summed E-state index contributed by atoms with van der Waals surface area (Å²) in [5.41, 5.74) is 0. The van der Waals surface area contributed by atoms with Crippen molar-refractivity contribution in [2.24, 2.45) is 0 Å². The molecule has 0 aromatic heterocycles. The molecule has 0 radical (unpaired) electrons. The van der Waals surface area contributed by atoms with E-state index in [1.165, 1.54) is 0 Å². The Bertz CT molecular complexity index is 198. The number of nitrogens with one attached hydrogen (secondary N) is 2. The Morgan fingerprint density at radius 2 is 2.29 bits per heavy atom. The minimum atomic E-state index is 0.0399. The normalized spacial score (nSPS) is 27.3. The van der Waals surface area contributed by atoms with E-state index in [9.17, 15) is 4.79 Å².